The van der Waals surface area contributed by atoms with Gasteiger partial charge in [-0.2, -0.15) is 0 Å². The summed E-state index contributed by atoms with van der Waals surface area (Å²) in [6, 6.07) is 0. The number of ether oxygens (including phenoxy) is 1. The average Bonchev–Trinajstić information content (AvgIpc) is 2.50. The third-order valence-electron chi connectivity index (χ3n) is 5.31. The van der Waals surface area contributed by atoms with E-state index in [1.165, 1.54) is 0 Å². The fourth-order valence-electron chi connectivity index (χ4n) is 3.77. The summed E-state index contributed by atoms with van der Waals surface area (Å²) in [5.74, 6) is 1.39. The van der Waals surface area contributed by atoms with Crippen molar-refractivity contribution in [2.24, 2.45) is 17.8 Å². The van der Waals surface area contributed by atoms with Gasteiger partial charge in [0.15, 0.2) is 6.29 Å². The van der Waals surface area contributed by atoms with Crippen LogP contribution < -0.4 is 0 Å². The van der Waals surface area contributed by atoms with E-state index in [0.29, 0.717) is 17.8 Å². The van der Waals surface area contributed by atoms with Gasteiger partial charge in [0, 0.05) is 16.0 Å². The van der Waals surface area contributed by atoms with Crippen molar-refractivity contribution in [2.75, 3.05) is 5.75 Å². The van der Waals surface area contributed by atoms with Gasteiger partial charge in [-0.15, -0.1) is 0 Å². The topological polar surface area (TPSA) is 107 Å². The first kappa shape index (κ1) is 19.3. The minimum Gasteiger partial charge on any atom is -0.388 e. The molecule has 0 aromatic rings. The Bertz CT molecular complexity index is 417. The predicted octanol–water partition coefficient (Wildman–Crippen LogP) is -0.00420. The standard InChI is InChI=1S/C16H30O6S/c1-8(2)10-5-4-9(3)6-12(10)23(21)7-11-13(17)14(18)15(19)16(20)22-11/h8-20H,4-7H2,1-3H3/t9-,10+,11-,12+,13+,14+,15-,16?,23+/m1/s1. The first-order valence-electron chi connectivity index (χ1n) is 8.47. The largest absolute Gasteiger partial charge is 0.388 e. The summed E-state index contributed by atoms with van der Waals surface area (Å²) in [4.78, 5) is 0. The SMILES string of the molecule is CC(C)[C@@H]1CC[C@@H](C)C[C@@H]1[S@@](=O)C[C@H]1OC(O)[C@H](O)[C@@H](O)[C@H]1O. The monoisotopic (exact) mass is 350 g/mol. The van der Waals surface area contributed by atoms with Crippen LogP contribution in [0, 0.1) is 17.8 Å². The minimum absolute atomic E-state index is 0.0377. The van der Waals surface area contributed by atoms with Crippen LogP contribution in [-0.4, -0.2) is 66.3 Å². The van der Waals surface area contributed by atoms with E-state index in [4.69, 9.17) is 4.74 Å². The Balaban J connectivity index is 2.04. The molecule has 7 heteroatoms. The molecule has 0 aromatic carbocycles. The predicted molar refractivity (Wildman–Crippen MR) is 87.0 cm³/mol. The van der Waals surface area contributed by atoms with Crippen LogP contribution in [-0.2, 0) is 15.5 Å². The van der Waals surface area contributed by atoms with E-state index in [2.05, 4.69) is 20.8 Å². The number of aliphatic hydroxyl groups excluding tert-OH is 4. The summed E-state index contributed by atoms with van der Waals surface area (Å²) in [5, 5.41) is 38.9. The Hall–Kier alpha value is -0.0500. The molecule has 136 valence electrons. The quantitative estimate of drug-likeness (QED) is 0.568. The number of hydrogen-bond acceptors (Lipinski definition) is 6. The van der Waals surface area contributed by atoms with Crippen molar-refractivity contribution in [3.63, 3.8) is 0 Å². The second-order valence-electron chi connectivity index (χ2n) is 7.45. The first-order valence-corrected chi connectivity index (χ1v) is 9.85. The summed E-state index contributed by atoms with van der Waals surface area (Å²) in [6.45, 7) is 6.44. The lowest BCUT2D eigenvalue weighted by Gasteiger charge is -2.40. The second kappa shape index (κ2) is 7.89. The Morgan fingerprint density at radius 1 is 1.09 bits per heavy atom. The van der Waals surface area contributed by atoms with Crippen LogP contribution in [0.25, 0.3) is 0 Å². The van der Waals surface area contributed by atoms with E-state index in [1.54, 1.807) is 0 Å². The van der Waals surface area contributed by atoms with Gasteiger partial charge in [-0.1, -0.05) is 27.2 Å². The highest BCUT2D eigenvalue weighted by atomic mass is 32.2. The van der Waals surface area contributed by atoms with Gasteiger partial charge >= 0.3 is 0 Å². The normalized spacial score (nSPS) is 46.8. The Labute approximate surface area is 140 Å². The third-order valence-corrected chi connectivity index (χ3v) is 7.19. The zero-order chi connectivity index (χ0) is 17.3. The van der Waals surface area contributed by atoms with Gasteiger partial charge in [0.05, 0.1) is 5.75 Å². The van der Waals surface area contributed by atoms with Crippen molar-refractivity contribution in [2.45, 2.75) is 76.0 Å². The molecule has 1 aliphatic carbocycles. The summed E-state index contributed by atoms with van der Waals surface area (Å²) in [6.07, 6.45) is -3.83. The van der Waals surface area contributed by atoms with Crippen molar-refractivity contribution >= 4 is 10.8 Å². The Morgan fingerprint density at radius 3 is 2.35 bits per heavy atom. The van der Waals surface area contributed by atoms with E-state index in [-0.39, 0.29) is 11.0 Å². The molecule has 0 spiro atoms. The molecule has 2 fully saturated rings. The molecule has 0 radical (unpaired) electrons. The van der Waals surface area contributed by atoms with E-state index < -0.39 is 41.5 Å². The van der Waals surface area contributed by atoms with Crippen molar-refractivity contribution in [1.29, 1.82) is 0 Å². The zero-order valence-corrected chi connectivity index (χ0v) is 14.9. The first-order chi connectivity index (χ1) is 10.7. The molecule has 1 aliphatic heterocycles. The molecule has 1 saturated heterocycles. The fraction of sp³-hybridized carbons (Fsp3) is 1.00. The van der Waals surface area contributed by atoms with Crippen molar-refractivity contribution in [1.82, 2.24) is 0 Å². The van der Waals surface area contributed by atoms with Crippen LogP contribution >= 0.6 is 0 Å². The van der Waals surface area contributed by atoms with Crippen LogP contribution in [0.5, 0.6) is 0 Å². The van der Waals surface area contributed by atoms with Crippen molar-refractivity contribution < 1.29 is 29.4 Å². The molecule has 1 unspecified atom stereocenters. The van der Waals surface area contributed by atoms with Gasteiger partial charge in [-0.3, -0.25) is 4.21 Å². The molecule has 1 saturated carbocycles. The third kappa shape index (κ3) is 4.32. The molecule has 9 atom stereocenters. The van der Waals surface area contributed by atoms with Gasteiger partial charge < -0.3 is 25.2 Å². The number of hydrogen-bond donors (Lipinski definition) is 4. The number of rotatable bonds is 4. The summed E-state index contributed by atoms with van der Waals surface area (Å²) in [5.41, 5.74) is 0. The number of aliphatic hydroxyl groups is 4. The Morgan fingerprint density at radius 2 is 1.74 bits per heavy atom. The maximum absolute atomic E-state index is 12.9. The molecular weight excluding hydrogens is 320 g/mol. The molecule has 1 heterocycles. The van der Waals surface area contributed by atoms with E-state index in [0.717, 1.165) is 19.3 Å². The van der Waals surface area contributed by atoms with Gasteiger partial charge in [0.2, 0.25) is 0 Å². The van der Waals surface area contributed by atoms with Gasteiger partial charge in [-0.25, -0.2) is 0 Å². The molecule has 0 bridgehead atoms. The molecule has 6 nitrogen and oxygen atoms in total. The minimum atomic E-state index is -1.57. The molecule has 2 aliphatic rings. The van der Waals surface area contributed by atoms with Gasteiger partial charge in [-0.05, 0) is 30.6 Å². The van der Waals surface area contributed by atoms with E-state index in [1.807, 2.05) is 0 Å². The molecule has 2 rings (SSSR count). The summed E-state index contributed by atoms with van der Waals surface area (Å²) >= 11 is 0. The smallest absolute Gasteiger partial charge is 0.183 e. The highest BCUT2D eigenvalue weighted by Gasteiger charge is 2.45. The summed E-state index contributed by atoms with van der Waals surface area (Å²) < 4.78 is 18.0. The van der Waals surface area contributed by atoms with Crippen LogP contribution in [0.3, 0.4) is 0 Å². The van der Waals surface area contributed by atoms with Crippen LogP contribution in [0.1, 0.15) is 40.0 Å². The van der Waals surface area contributed by atoms with Crippen LogP contribution in [0.15, 0.2) is 0 Å². The fourth-order valence-corrected chi connectivity index (χ4v) is 6.00. The van der Waals surface area contributed by atoms with Crippen molar-refractivity contribution in [3.05, 3.63) is 0 Å². The van der Waals surface area contributed by atoms with Crippen molar-refractivity contribution in [3.8, 4) is 0 Å². The van der Waals surface area contributed by atoms with Gasteiger partial charge in [0.1, 0.15) is 24.4 Å². The van der Waals surface area contributed by atoms with E-state index >= 15 is 0 Å². The maximum atomic E-state index is 12.9. The average molecular weight is 350 g/mol. The second-order valence-corrected chi connectivity index (χ2v) is 9.15. The molecule has 0 amide bonds. The lowest BCUT2D eigenvalue weighted by Crippen LogP contribution is -2.59. The van der Waals surface area contributed by atoms with Gasteiger partial charge in [0.25, 0.3) is 0 Å². The lowest BCUT2D eigenvalue weighted by molar-refractivity contribution is -0.276. The molecule has 4 N–H and O–H groups in total. The van der Waals surface area contributed by atoms with E-state index in [9.17, 15) is 24.6 Å². The van der Waals surface area contributed by atoms with Crippen LogP contribution in [0.2, 0.25) is 0 Å². The lowest BCUT2D eigenvalue weighted by atomic mass is 9.77. The highest BCUT2D eigenvalue weighted by molar-refractivity contribution is 7.85. The summed E-state index contributed by atoms with van der Waals surface area (Å²) in [7, 11) is -1.23. The highest BCUT2D eigenvalue weighted by Crippen LogP contribution is 2.37. The maximum Gasteiger partial charge on any atom is 0.183 e. The molecular formula is C16H30O6S. The molecule has 23 heavy (non-hydrogen) atoms. The zero-order valence-electron chi connectivity index (χ0n) is 14.0. The Kier molecular flexibility index (Phi) is 6.61. The molecule has 0 aromatic heterocycles. The van der Waals surface area contributed by atoms with Crippen LogP contribution in [0.4, 0.5) is 0 Å².